The van der Waals surface area contributed by atoms with Crippen molar-refractivity contribution in [1.29, 1.82) is 0 Å². The summed E-state index contributed by atoms with van der Waals surface area (Å²) in [6.07, 6.45) is 2.98. The Labute approximate surface area is 152 Å². The summed E-state index contributed by atoms with van der Waals surface area (Å²) in [7, 11) is 0. The zero-order valence-electron chi connectivity index (χ0n) is 12.4. The molecule has 6 nitrogen and oxygen atoms in total. The molecule has 2 aromatic carbocycles. The number of hydrogen-bond donors (Lipinski definition) is 2. The molecule has 0 radical (unpaired) electrons. The minimum absolute atomic E-state index is 0.117. The van der Waals surface area contributed by atoms with E-state index in [9.17, 15) is 4.79 Å². The van der Waals surface area contributed by atoms with Gasteiger partial charge in [-0.25, -0.2) is 9.67 Å². The highest BCUT2D eigenvalue weighted by atomic mass is 79.9. The van der Waals surface area contributed by atoms with Crippen LogP contribution >= 0.6 is 27.5 Å². The van der Waals surface area contributed by atoms with E-state index in [0.29, 0.717) is 16.4 Å². The first kappa shape index (κ1) is 16.5. The number of para-hydroxylation sites is 1. The van der Waals surface area contributed by atoms with Crippen LogP contribution in [0.2, 0.25) is 5.02 Å². The first-order valence-corrected chi connectivity index (χ1v) is 8.23. The topological polar surface area (TPSA) is 71.8 Å². The number of aromatic nitrogens is 3. The highest BCUT2D eigenvalue weighted by Gasteiger charge is 2.10. The second kappa shape index (κ2) is 7.46. The molecule has 0 unspecified atom stereocenters. The predicted molar refractivity (Wildman–Crippen MR) is 97.6 cm³/mol. The van der Waals surface area contributed by atoms with E-state index >= 15 is 0 Å². The third-order valence-electron chi connectivity index (χ3n) is 3.21. The maximum atomic E-state index is 12.3. The predicted octanol–water partition coefficient (Wildman–Crippen LogP) is 3.73. The third kappa shape index (κ3) is 3.93. The molecule has 3 aromatic rings. The standard InChI is InChI=1S/C16H13BrClN5O/c17-12-3-1-2-4-13(12)20-8-16(24)22-14-7-11(18)5-6-15(14)23-10-19-9-21-23/h1-7,9-10,20H,8H2,(H,22,24). The van der Waals surface area contributed by atoms with E-state index in [0.717, 1.165) is 10.2 Å². The summed E-state index contributed by atoms with van der Waals surface area (Å²) in [5.74, 6) is -0.200. The number of nitrogens with one attached hydrogen (secondary N) is 2. The molecule has 3 rings (SSSR count). The van der Waals surface area contributed by atoms with Crippen LogP contribution in [0, 0.1) is 0 Å². The van der Waals surface area contributed by atoms with Gasteiger partial charge in [-0.05, 0) is 46.3 Å². The fraction of sp³-hybridized carbons (Fsp3) is 0.0625. The number of anilines is 2. The van der Waals surface area contributed by atoms with Gasteiger partial charge >= 0.3 is 0 Å². The summed E-state index contributed by atoms with van der Waals surface area (Å²) >= 11 is 9.47. The number of amides is 1. The van der Waals surface area contributed by atoms with Crippen molar-refractivity contribution < 1.29 is 4.79 Å². The van der Waals surface area contributed by atoms with Crippen molar-refractivity contribution in [3.63, 3.8) is 0 Å². The second-order valence-corrected chi connectivity index (χ2v) is 6.17. The monoisotopic (exact) mass is 405 g/mol. The Morgan fingerprint density at radius 3 is 2.79 bits per heavy atom. The zero-order valence-corrected chi connectivity index (χ0v) is 14.8. The van der Waals surface area contributed by atoms with Crippen LogP contribution in [-0.4, -0.2) is 27.2 Å². The number of rotatable bonds is 5. The van der Waals surface area contributed by atoms with Crippen molar-refractivity contribution in [1.82, 2.24) is 14.8 Å². The fourth-order valence-electron chi connectivity index (χ4n) is 2.12. The average molecular weight is 407 g/mol. The Hall–Kier alpha value is -2.38. The van der Waals surface area contributed by atoms with Gasteiger partial charge in [0.05, 0.1) is 17.9 Å². The van der Waals surface area contributed by atoms with E-state index in [-0.39, 0.29) is 12.5 Å². The highest BCUT2D eigenvalue weighted by molar-refractivity contribution is 9.10. The minimum Gasteiger partial charge on any atom is -0.375 e. The van der Waals surface area contributed by atoms with Crippen LogP contribution in [0.3, 0.4) is 0 Å². The van der Waals surface area contributed by atoms with Gasteiger partial charge in [-0.1, -0.05) is 23.7 Å². The average Bonchev–Trinajstić information content (AvgIpc) is 3.08. The van der Waals surface area contributed by atoms with Crippen LogP contribution < -0.4 is 10.6 Å². The molecule has 0 saturated heterocycles. The molecule has 1 amide bonds. The molecule has 24 heavy (non-hydrogen) atoms. The lowest BCUT2D eigenvalue weighted by molar-refractivity contribution is -0.114. The summed E-state index contributed by atoms with van der Waals surface area (Å²) in [6.45, 7) is 0.117. The summed E-state index contributed by atoms with van der Waals surface area (Å²) in [4.78, 5) is 16.2. The Bertz CT molecular complexity index is 853. The first-order chi connectivity index (χ1) is 11.6. The molecular weight excluding hydrogens is 394 g/mol. The normalized spacial score (nSPS) is 10.4. The third-order valence-corrected chi connectivity index (χ3v) is 4.14. The van der Waals surface area contributed by atoms with Crippen LogP contribution in [0.15, 0.2) is 59.6 Å². The Kier molecular flexibility index (Phi) is 5.12. The molecule has 122 valence electrons. The number of nitrogens with zero attached hydrogens (tertiary/aromatic N) is 3. The van der Waals surface area contributed by atoms with Crippen molar-refractivity contribution in [3.8, 4) is 5.69 Å². The van der Waals surface area contributed by atoms with E-state index in [4.69, 9.17) is 11.6 Å². The zero-order chi connectivity index (χ0) is 16.9. The van der Waals surface area contributed by atoms with Gasteiger partial charge in [-0.2, -0.15) is 5.10 Å². The Morgan fingerprint density at radius 2 is 2.04 bits per heavy atom. The van der Waals surface area contributed by atoms with Gasteiger partial charge in [0, 0.05) is 15.2 Å². The molecule has 0 atom stereocenters. The fourth-order valence-corrected chi connectivity index (χ4v) is 2.71. The maximum Gasteiger partial charge on any atom is 0.243 e. The molecule has 0 aliphatic rings. The van der Waals surface area contributed by atoms with Gasteiger partial charge < -0.3 is 10.6 Å². The number of hydrogen-bond acceptors (Lipinski definition) is 4. The lowest BCUT2D eigenvalue weighted by Crippen LogP contribution is -2.22. The summed E-state index contributed by atoms with van der Waals surface area (Å²) in [5, 5.41) is 10.5. The molecule has 0 aliphatic carbocycles. The number of benzene rings is 2. The van der Waals surface area contributed by atoms with E-state index in [1.54, 1.807) is 29.2 Å². The molecule has 0 spiro atoms. The largest absolute Gasteiger partial charge is 0.375 e. The summed E-state index contributed by atoms with van der Waals surface area (Å²) in [5.41, 5.74) is 2.09. The maximum absolute atomic E-state index is 12.3. The highest BCUT2D eigenvalue weighted by Crippen LogP contribution is 2.24. The molecule has 0 aliphatic heterocycles. The van der Waals surface area contributed by atoms with Gasteiger partial charge in [0.2, 0.25) is 5.91 Å². The molecular formula is C16H13BrClN5O. The molecule has 8 heteroatoms. The minimum atomic E-state index is -0.200. The lowest BCUT2D eigenvalue weighted by atomic mass is 10.2. The van der Waals surface area contributed by atoms with E-state index in [1.807, 2.05) is 24.3 Å². The first-order valence-electron chi connectivity index (χ1n) is 7.06. The van der Waals surface area contributed by atoms with Crippen molar-refractivity contribution >= 4 is 44.8 Å². The van der Waals surface area contributed by atoms with Crippen LogP contribution in [0.4, 0.5) is 11.4 Å². The van der Waals surface area contributed by atoms with Crippen LogP contribution in [-0.2, 0) is 4.79 Å². The molecule has 1 heterocycles. The molecule has 0 fully saturated rings. The smallest absolute Gasteiger partial charge is 0.243 e. The Morgan fingerprint density at radius 1 is 1.21 bits per heavy atom. The van der Waals surface area contributed by atoms with Crippen molar-refractivity contribution in [2.24, 2.45) is 0 Å². The van der Waals surface area contributed by atoms with Crippen molar-refractivity contribution in [2.45, 2.75) is 0 Å². The summed E-state index contributed by atoms with van der Waals surface area (Å²) in [6, 6.07) is 12.8. The van der Waals surface area contributed by atoms with E-state index < -0.39 is 0 Å². The van der Waals surface area contributed by atoms with Gasteiger partial charge in [-0.3, -0.25) is 4.79 Å². The van der Waals surface area contributed by atoms with Gasteiger partial charge in [0.1, 0.15) is 12.7 Å². The van der Waals surface area contributed by atoms with Crippen LogP contribution in [0.5, 0.6) is 0 Å². The number of carbonyl (C=O) groups is 1. The van der Waals surface area contributed by atoms with Gasteiger partial charge in [-0.15, -0.1) is 0 Å². The van der Waals surface area contributed by atoms with E-state index in [1.165, 1.54) is 6.33 Å². The molecule has 0 bridgehead atoms. The quantitative estimate of drug-likeness (QED) is 0.677. The van der Waals surface area contributed by atoms with Crippen LogP contribution in [0.25, 0.3) is 5.69 Å². The molecule has 1 aromatic heterocycles. The van der Waals surface area contributed by atoms with Crippen LogP contribution in [0.1, 0.15) is 0 Å². The Balaban J connectivity index is 1.72. The van der Waals surface area contributed by atoms with Gasteiger partial charge in [0.25, 0.3) is 0 Å². The second-order valence-electron chi connectivity index (χ2n) is 4.88. The van der Waals surface area contributed by atoms with Crippen molar-refractivity contribution in [3.05, 3.63) is 64.6 Å². The number of halogens is 2. The number of carbonyl (C=O) groups excluding carboxylic acids is 1. The summed E-state index contributed by atoms with van der Waals surface area (Å²) < 4.78 is 2.46. The van der Waals surface area contributed by atoms with E-state index in [2.05, 4.69) is 36.6 Å². The SMILES string of the molecule is O=C(CNc1ccccc1Br)Nc1cc(Cl)ccc1-n1cncn1. The lowest BCUT2D eigenvalue weighted by Gasteiger charge is -2.12. The molecule has 2 N–H and O–H groups in total. The van der Waals surface area contributed by atoms with Crippen molar-refractivity contribution in [2.75, 3.05) is 17.2 Å². The molecule has 0 saturated carbocycles. The van der Waals surface area contributed by atoms with Gasteiger partial charge in [0.15, 0.2) is 0 Å².